The van der Waals surface area contributed by atoms with Gasteiger partial charge in [-0.2, -0.15) is 0 Å². The summed E-state index contributed by atoms with van der Waals surface area (Å²) in [6.45, 7) is 0. The highest BCUT2D eigenvalue weighted by Gasteiger charge is 2.33. The van der Waals surface area contributed by atoms with Crippen LogP contribution in [0.3, 0.4) is 0 Å². The van der Waals surface area contributed by atoms with Gasteiger partial charge in [0.05, 0.1) is 6.42 Å². The molecule has 2 rings (SSSR count). The Morgan fingerprint density at radius 3 is 3.09 bits per heavy atom. The van der Waals surface area contributed by atoms with Crippen LogP contribution in [0.4, 0.5) is 0 Å². The summed E-state index contributed by atoms with van der Waals surface area (Å²) in [7, 11) is 0. The zero-order valence-electron chi connectivity index (χ0n) is 5.95. The maximum Gasteiger partial charge on any atom is 0.307 e. The smallest absolute Gasteiger partial charge is 0.307 e. The minimum atomic E-state index is -0.246. The van der Waals surface area contributed by atoms with E-state index in [9.17, 15) is 9.59 Å². The average Bonchev–Trinajstić information content (AvgIpc) is 1.97. The second-order valence-electron chi connectivity index (χ2n) is 2.93. The quantitative estimate of drug-likeness (QED) is 0.473. The summed E-state index contributed by atoms with van der Waals surface area (Å²) >= 11 is 0. The highest BCUT2D eigenvalue weighted by Crippen LogP contribution is 2.26. The highest BCUT2D eigenvalue weighted by molar-refractivity contribution is 5.95. The summed E-state index contributed by atoms with van der Waals surface area (Å²) in [6.07, 6.45) is 3.99. The molecule has 2 bridgehead atoms. The van der Waals surface area contributed by atoms with Crippen LogP contribution in [0.2, 0.25) is 0 Å². The lowest BCUT2D eigenvalue weighted by molar-refractivity contribution is -0.156. The van der Waals surface area contributed by atoms with Crippen LogP contribution in [0.15, 0.2) is 12.2 Å². The lowest BCUT2D eigenvalue weighted by Crippen LogP contribution is -2.34. The number of carbonyl (C=O) groups excluding carboxylic acids is 2. The molecule has 1 saturated heterocycles. The first-order chi connectivity index (χ1) is 5.25. The molecule has 3 heteroatoms. The van der Waals surface area contributed by atoms with Crippen LogP contribution in [-0.2, 0) is 14.3 Å². The Morgan fingerprint density at radius 2 is 2.27 bits per heavy atom. The summed E-state index contributed by atoms with van der Waals surface area (Å²) in [5, 5.41) is 0. The summed E-state index contributed by atoms with van der Waals surface area (Å²) < 4.78 is 4.93. The van der Waals surface area contributed by atoms with Crippen molar-refractivity contribution in [2.75, 3.05) is 0 Å². The molecule has 0 amide bonds. The fourth-order valence-electron chi connectivity index (χ4n) is 1.50. The van der Waals surface area contributed by atoms with Crippen LogP contribution in [0.25, 0.3) is 0 Å². The molecule has 3 nitrogen and oxygen atoms in total. The zero-order valence-corrected chi connectivity index (χ0v) is 5.95. The third kappa shape index (κ3) is 1.06. The van der Waals surface area contributed by atoms with Gasteiger partial charge in [-0.05, 0) is 18.6 Å². The van der Waals surface area contributed by atoms with Crippen LogP contribution >= 0.6 is 0 Å². The molecule has 11 heavy (non-hydrogen) atoms. The number of esters is 1. The van der Waals surface area contributed by atoms with Gasteiger partial charge in [-0.3, -0.25) is 9.59 Å². The number of hydrogen-bond acceptors (Lipinski definition) is 3. The molecule has 1 aliphatic heterocycles. The van der Waals surface area contributed by atoms with E-state index in [0.717, 1.165) is 0 Å². The van der Waals surface area contributed by atoms with Gasteiger partial charge < -0.3 is 4.74 Å². The Bertz CT molecular complexity index is 242. The minimum Gasteiger partial charge on any atom is -0.458 e. The van der Waals surface area contributed by atoms with Gasteiger partial charge in [0.15, 0.2) is 5.78 Å². The second kappa shape index (κ2) is 2.19. The van der Waals surface area contributed by atoms with E-state index in [0.29, 0.717) is 6.42 Å². The molecule has 0 unspecified atom stereocenters. The van der Waals surface area contributed by atoms with Gasteiger partial charge in [0.1, 0.15) is 6.10 Å². The van der Waals surface area contributed by atoms with E-state index in [1.165, 1.54) is 6.08 Å². The molecule has 1 aliphatic carbocycles. The molecule has 58 valence electrons. The van der Waals surface area contributed by atoms with E-state index in [1.54, 1.807) is 6.08 Å². The van der Waals surface area contributed by atoms with Crippen molar-refractivity contribution in [1.82, 2.24) is 0 Å². The van der Waals surface area contributed by atoms with Crippen LogP contribution in [-0.4, -0.2) is 17.9 Å². The van der Waals surface area contributed by atoms with Crippen molar-refractivity contribution < 1.29 is 14.3 Å². The number of fused-ring (bicyclic) bond motifs is 2. The maximum absolute atomic E-state index is 11.1. The fourth-order valence-corrected chi connectivity index (χ4v) is 1.50. The molecule has 0 saturated carbocycles. The average molecular weight is 152 g/mol. The molecular formula is C8H8O3. The Balaban J connectivity index is 2.26. The number of allylic oxidation sites excluding steroid dienone is 1. The SMILES string of the molecule is O=C1C[C@H]2C[C@H](C=CC2=O)O1. The number of carbonyl (C=O) groups is 2. The summed E-state index contributed by atoms with van der Waals surface area (Å²) in [5.74, 6) is -0.284. The van der Waals surface area contributed by atoms with Crippen molar-refractivity contribution in [1.29, 1.82) is 0 Å². The maximum atomic E-state index is 11.1. The molecule has 2 atom stereocenters. The third-order valence-electron chi connectivity index (χ3n) is 2.09. The van der Waals surface area contributed by atoms with Crippen molar-refractivity contribution in [2.24, 2.45) is 5.92 Å². The molecule has 0 aromatic carbocycles. The van der Waals surface area contributed by atoms with E-state index in [1.807, 2.05) is 0 Å². The van der Waals surface area contributed by atoms with E-state index < -0.39 is 0 Å². The molecule has 1 fully saturated rings. The van der Waals surface area contributed by atoms with Crippen LogP contribution in [0.5, 0.6) is 0 Å². The number of hydrogen-bond donors (Lipinski definition) is 0. The van der Waals surface area contributed by atoms with Crippen molar-refractivity contribution in [3.05, 3.63) is 12.2 Å². The van der Waals surface area contributed by atoms with Gasteiger partial charge in [0.25, 0.3) is 0 Å². The number of ketones is 1. The van der Waals surface area contributed by atoms with Gasteiger partial charge in [-0.15, -0.1) is 0 Å². The summed E-state index contributed by atoms with van der Waals surface area (Å²) in [5.41, 5.74) is 0. The van der Waals surface area contributed by atoms with Crippen molar-refractivity contribution in [3.8, 4) is 0 Å². The number of ether oxygens (including phenoxy) is 1. The predicted octanol–water partition coefficient (Wildman–Crippen LogP) is 0.447. The summed E-state index contributed by atoms with van der Waals surface area (Å²) in [6, 6.07) is 0. The Hall–Kier alpha value is -1.12. The first-order valence-corrected chi connectivity index (χ1v) is 3.67. The minimum absolute atomic E-state index is 0.0675. The Labute approximate surface area is 64.0 Å². The number of rotatable bonds is 0. The van der Waals surface area contributed by atoms with Crippen LogP contribution in [0, 0.1) is 5.92 Å². The van der Waals surface area contributed by atoms with Crippen LogP contribution < -0.4 is 0 Å². The first-order valence-electron chi connectivity index (χ1n) is 3.67. The Kier molecular flexibility index (Phi) is 1.31. The fraction of sp³-hybridized carbons (Fsp3) is 0.500. The molecule has 0 radical (unpaired) electrons. The standard InChI is InChI=1S/C8H8O3/c9-7-2-1-6-3-5(7)4-8(10)11-6/h1-2,5-6H,3-4H2/t5-,6+/m1/s1. The lowest BCUT2D eigenvalue weighted by Gasteiger charge is -2.28. The van der Waals surface area contributed by atoms with Gasteiger partial charge in [-0.25, -0.2) is 0 Å². The highest BCUT2D eigenvalue weighted by atomic mass is 16.5. The molecule has 1 heterocycles. The monoisotopic (exact) mass is 152 g/mol. The zero-order chi connectivity index (χ0) is 7.84. The van der Waals surface area contributed by atoms with Gasteiger partial charge in [0.2, 0.25) is 0 Å². The second-order valence-corrected chi connectivity index (χ2v) is 2.93. The van der Waals surface area contributed by atoms with Gasteiger partial charge in [0, 0.05) is 5.92 Å². The van der Waals surface area contributed by atoms with Crippen molar-refractivity contribution >= 4 is 11.8 Å². The molecule has 0 N–H and O–H groups in total. The predicted molar refractivity (Wildman–Crippen MR) is 36.8 cm³/mol. The molecule has 0 aromatic rings. The van der Waals surface area contributed by atoms with E-state index in [4.69, 9.17) is 4.74 Å². The van der Waals surface area contributed by atoms with E-state index >= 15 is 0 Å². The summed E-state index contributed by atoms with van der Waals surface area (Å²) in [4.78, 5) is 21.9. The van der Waals surface area contributed by atoms with Crippen molar-refractivity contribution in [2.45, 2.75) is 18.9 Å². The van der Waals surface area contributed by atoms with Crippen molar-refractivity contribution in [3.63, 3.8) is 0 Å². The third-order valence-corrected chi connectivity index (χ3v) is 2.09. The lowest BCUT2D eigenvalue weighted by atomic mass is 9.87. The largest absolute Gasteiger partial charge is 0.458 e. The normalized spacial score (nSPS) is 35.3. The topological polar surface area (TPSA) is 43.4 Å². The van der Waals surface area contributed by atoms with Gasteiger partial charge >= 0.3 is 5.97 Å². The van der Waals surface area contributed by atoms with Crippen LogP contribution in [0.1, 0.15) is 12.8 Å². The molecule has 0 spiro atoms. The Morgan fingerprint density at radius 1 is 1.45 bits per heavy atom. The van der Waals surface area contributed by atoms with Gasteiger partial charge in [-0.1, -0.05) is 0 Å². The van der Waals surface area contributed by atoms with E-state index in [-0.39, 0.29) is 30.2 Å². The molecule has 2 aliphatic rings. The van der Waals surface area contributed by atoms with E-state index in [2.05, 4.69) is 0 Å². The first kappa shape index (κ1) is 6.58. The molecule has 0 aromatic heterocycles. The molecular weight excluding hydrogens is 144 g/mol.